The minimum absolute atomic E-state index is 1.70. The molecule has 0 aliphatic carbocycles. The molecule has 0 rings (SSSR count). The number of hydrogen-bond donors (Lipinski definition) is 0. The van der Waals surface area contributed by atoms with Crippen LogP contribution in [0.2, 0.25) is 0 Å². The van der Waals surface area contributed by atoms with Crippen molar-refractivity contribution in [2.75, 3.05) is 0 Å². The van der Waals surface area contributed by atoms with Crippen LogP contribution in [0.4, 0.5) is 0 Å². The van der Waals surface area contributed by atoms with E-state index in [-0.39, 0.29) is 0 Å². The van der Waals surface area contributed by atoms with E-state index in [4.69, 9.17) is 7.85 Å². The second-order valence-electron chi connectivity index (χ2n) is 2.39. The van der Waals surface area contributed by atoms with Gasteiger partial charge in [0.15, 0.2) is 7.85 Å². The molecule has 0 saturated heterocycles. The third kappa shape index (κ3) is 14.1. The molecule has 0 atom stereocenters. The predicted octanol–water partition coefficient (Wildman–Crippen LogP) is 0.163. The maximum absolute atomic E-state index is 4.90. The molecular weight excluding hydrogens is 239 g/mol. The third-order valence-electron chi connectivity index (χ3n) is 1.13. The second-order valence-corrected chi connectivity index (χ2v) is 2.39. The zero-order valence-corrected chi connectivity index (χ0v) is 10.6. The molecule has 0 saturated carbocycles. The molecule has 0 unspecified atom stereocenters. The van der Waals surface area contributed by atoms with Crippen molar-refractivity contribution in [3.63, 3.8) is 0 Å². The first-order valence-electron chi connectivity index (χ1n) is 5.04. The van der Waals surface area contributed by atoms with Crippen LogP contribution in [-0.4, -0.2) is 7.85 Å². The van der Waals surface area contributed by atoms with Gasteiger partial charge < -0.3 is 0 Å². The van der Waals surface area contributed by atoms with Crippen molar-refractivity contribution in [2.45, 2.75) is 6.92 Å². The van der Waals surface area contributed by atoms with Crippen LogP contribution in [0.15, 0.2) is 0 Å². The summed E-state index contributed by atoms with van der Waals surface area (Å²) in [6.45, 7) is 1.70. The highest BCUT2D eigenvalue weighted by molar-refractivity contribution is 6.22. The molecule has 0 aromatic heterocycles. The van der Waals surface area contributed by atoms with Crippen molar-refractivity contribution in [1.29, 1.82) is 0 Å². The van der Waals surface area contributed by atoms with Gasteiger partial charge in [-0.2, -0.15) is 5.82 Å². The Morgan fingerprint density at radius 1 is 0.400 bits per heavy atom. The molecule has 0 amide bonds. The summed E-state index contributed by atoms with van der Waals surface area (Å²) in [7, 11) is 4.90. The first kappa shape index (κ1) is 16.1. The lowest BCUT2D eigenvalue weighted by atomic mass is 10.2. The quantitative estimate of drug-likeness (QED) is 0.419. The van der Waals surface area contributed by atoms with E-state index in [1.807, 2.05) is 0 Å². The predicted molar refractivity (Wildman–Crippen MR) is 81.4 cm³/mol. The van der Waals surface area contributed by atoms with Crippen LogP contribution >= 0.6 is 0 Å². The first-order valence-corrected chi connectivity index (χ1v) is 5.04. The van der Waals surface area contributed by atoms with Crippen LogP contribution < -0.4 is 0 Å². The third-order valence-corrected chi connectivity index (χ3v) is 1.13. The topological polar surface area (TPSA) is 0 Å². The molecule has 2 radical (unpaired) electrons. The number of rotatable bonds is 0. The van der Waals surface area contributed by atoms with Gasteiger partial charge in [-0.3, -0.25) is 0 Å². The maximum Gasteiger partial charge on any atom is 0.189 e. The molecule has 0 aliphatic heterocycles. The average molecular weight is 242 g/mol. The van der Waals surface area contributed by atoms with Gasteiger partial charge in [0.05, 0.1) is 0 Å². The molecule has 82 valence electrons. The monoisotopic (exact) mass is 242 g/mol. The van der Waals surface area contributed by atoms with Gasteiger partial charge in [-0.25, -0.2) is 0 Å². The lowest BCUT2D eigenvalue weighted by molar-refractivity contribution is 1.92. The Kier molecular flexibility index (Phi) is 12.2. The minimum Gasteiger partial charge on any atom is -0.158 e. The summed E-state index contributed by atoms with van der Waals surface area (Å²) in [5.41, 5.74) is 0. The van der Waals surface area contributed by atoms with Gasteiger partial charge in [-0.1, -0.05) is 5.92 Å². The van der Waals surface area contributed by atoms with Gasteiger partial charge in [0.25, 0.3) is 0 Å². The smallest absolute Gasteiger partial charge is 0.158 e. The fourth-order valence-corrected chi connectivity index (χ4v) is 0.536. The van der Waals surface area contributed by atoms with Crippen molar-refractivity contribution in [1.82, 2.24) is 0 Å². The largest absolute Gasteiger partial charge is 0.189 e. The van der Waals surface area contributed by atoms with E-state index in [2.05, 4.69) is 106 Å². The molecule has 0 N–H and O–H groups in total. The Bertz CT molecular complexity index is 826. The standard InChI is InChI=1S/C19H3B/c1-2-3-4-5-6-7-8-9-10-11-12-13-14-15-16-17-18-19-20/h1H3. The summed E-state index contributed by atoms with van der Waals surface area (Å²) in [4.78, 5) is 0. The maximum atomic E-state index is 4.90. The fraction of sp³-hybridized carbons (Fsp3) is 0.0526. The van der Waals surface area contributed by atoms with Gasteiger partial charge in [-0.05, 0) is 102 Å². The highest BCUT2D eigenvalue weighted by Crippen LogP contribution is 1.58. The normalized spacial score (nSPS) is 3.85. The summed E-state index contributed by atoms with van der Waals surface area (Å²) in [6, 6.07) is 0. The Hall–Kier alpha value is -3.90. The molecule has 0 aromatic carbocycles. The summed E-state index contributed by atoms with van der Waals surface area (Å²) >= 11 is 0. The Morgan fingerprint density at radius 3 is 0.900 bits per heavy atom. The highest BCUT2D eigenvalue weighted by atomic mass is 13.6. The van der Waals surface area contributed by atoms with E-state index in [0.29, 0.717) is 0 Å². The molecule has 0 fully saturated rings. The molecule has 0 spiro atoms. The van der Waals surface area contributed by atoms with Crippen molar-refractivity contribution in [3.05, 3.63) is 0 Å². The van der Waals surface area contributed by atoms with Crippen molar-refractivity contribution < 1.29 is 0 Å². The van der Waals surface area contributed by atoms with Crippen molar-refractivity contribution >= 4 is 7.85 Å². The number of hydrogen-bond acceptors (Lipinski definition) is 0. The van der Waals surface area contributed by atoms with Crippen molar-refractivity contribution in [3.8, 4) is 106 Å². The molecule has 0 aliphatic rings. The van der Waals surface area contributed by atoms with Crippen LogP contribution in [0, 0.1) is 106 Å². The van der Waals surface area contributed by atoms with Crippen LogP contribution in [0.3, 0.4) is 0 Å². The van der Waals surface area contributed by atoms with E-state index in [9.17, 15) is 0 Å². The summed E-state index contributed by atoms with van der Waals surface area (Å²) in [6.07, 6.45) is 0. The molecule has 0 aromatic rings. The highest BCUT2D eigenvalue weighted by Gasteiger charge is 1.57. The van der Waals surface area contributed by atoms with Gasteiger partial charge in [-0.15, -0.1) is 0 Å². The Labute approximate surface area is 121 Å². The molecular formula is C19H3B. The van der Waals surface area contributed by atoms with Crippen LogP contribution in [0.5, 0.6) is 0 Å². The van der Waals surface area contributed by atoms with E-state index in [1.165, 1.54) is 0 Å². The van der Waals surface area contributed by atoms with Gasteiger partial charge in [0, 0.05) is 0 Å². The second kappa shape index (κ2) is 15.1. The van der Waals surface area contributed by atoms with Crippen LogP contribution in [0.1, 0.15) is 6.92 Å². The first-order chi connectivity index (χ1) is 9.91. The van der Waals surface area contributed by atoms with Crippen molar-refractivity contribution in [2.24, 2.45) is 0 Å². The van der Waals surface area contributed by atoms with Crippen LogP contribution in [-0.2, 0) is 0 Å². The Morgan fingerprint density at radius 2 is 0.650 bits per heavy atom. The van der Waals surface area contributed by atoms with Gasteiger partial charge >= 0.3 is 0 Å². The average Bonchev–Trinajstić information content (AvgIpc) is 2.47. The zero-order valence-electron chi connectivity index (χ0n) is 10.6. The van der Waals surface area contributed by atoms with Crippen LogP contribution in [0.25, 0.3) is 0 Å². The van der Waals surface area contributed by atoms with E-state index in [0.717, 1.165) is 0 Å². The lowest BCUT2D eigenvalue weighted by Gasteiger charge is -1.56. The SMILES string of the molecule is [B]C#CC#CC#CC#CC#CC#CC#CC#CC#CC. The van der Waals surface area contributed by atoms with E-state index >= 15 is 0 Å². The van der Waals surface area contributed by atoms with Gasteiger partial charge in [0.2, 0.25) is 0 Å². The molecule has 0 heterocycles. The van der Waals surface area contributed by atoms with E-state index in [1.54, 1.807) is 6.92 Å². The van der Waals surface area contributed by atoms with E-state index < -0.39 is 0 Å². The fourth-order valence-electron chi connectivity index (χ4n) is 0.536. The summed E-state index contributed by atoms with van der Waals surface area (Å²) in [5, 5.41) is 0. The molecule has 0 nitrogen and oxygen atoms in total. The lowest BCUT2D eigenvalue weighted by Crippen LogP contribution is -1.56. The minimum atomic E-state index is 1.70. The Balaban J connectivity index is 4.33. The summed E-state index contributed by atoms with van der Waals surface area (Å²) in [5.74, 6) is 44.4. The molecule has 1 heteroatoms. The summed E-state index contributed by atoms with van der Waals surface area (Å²) < 4.78 is 0. The molecule has 20 heavy (non-hydrogen) atoms. The zero-order chi connectivity index (χ0) is 14.7. The molecule has 0 bridgehead atoms. The van der Waals surface area contributed by atoms with Gasteiger partial charge in [0.1, 0.15) is 0 Å².